The Kier molecular flexibility index (Phi) is 5.33. The van der Waals surface area contributed by atoms with Gasteiger partial charge in [-0.1, -0.05) is 0 Å². The number of carbonyl (C=O) groups is 1. The Labute approximate surface area is 183 Å². The second kappa shape index (κ2) is 8.15. The highest BCUT2D eigenvalue weighted by atomic mass is 16.5. The van der Waals surface area contributed by atoms with E-state index < -0.39 is 0 Å². The summed E-state index contributed by atoms with van der Waals surface area (Å²) in [6.07, 6.45) is 4.79. The van der Waals surface area contributed by atoms with E-state index in [9.17, 15) is 4.79 Å². The number of anilines is 2. The first-order valence-electron chi connectivity index (χ1n) is 11.3. The van der Waals surface area contributed by atoms with Gasteiger partial charge in [0.05, 0.1) is 36.8 Å². The standard InChI is InChI=1S/C23H31N5O3/c1-15-22(30-3)13-21-19(24-15)5-4-9-27(21)23-18-14-26(16(2)29)10-6-20(18)28(25-23)17-7-11-31-12-8-17/h13,17H,4-12,14H2,1-3H3. The van der Waals surface area contributed by atoms with Crippen LogP contribution in [-0.2, 0) is 28.9 Å². The molecule has 5 heterocycles. The fourth-order valence-corrected chi connectivity index (χ4v) is 5.14. The molecule has 0 atom stereocenters. The highest BCUT2D eigenvalue weighted by molar-refractivity contribution is 5.75. The molecule has 1 saturated heterocycles. The van der Waals surface area contributed by atoms with E-state index in [1.54, 1.807) is 14.0 Å². The summed E-state index contributed by atoms with van der Waals surface area (Å²) in [4.78, 5) is 21.2. The molecule has 0 bridgehead atoms. The fraction of sp³-hybridized carbons (Fsp3) is 0.609. The van der Waals surface area contributed by atoms with Gasteiger partial charge in [-0.3, -0.25) is 14.5 Å². The SMILES string of the molecule is COc1cc2c(nc1C)CCCN2c1nn(C2CCOCC2)c2c1CN(C(C)=O)CC2. The molecule has 0 unspecified atom stereocenters. The van der Waals surface area contributed by atoms with Crippen LogP contribution in [0.15, 0.2) is 6.07 Å². The highest BCUT2D eigenvalue weighted by Gasteiger charge is 2.33. The van der Waals surface area contributed by atoms with Crippen molar-refractivity contribution in [3.8, 4) is 5.75 Å². The molecule has 0 N–H and O–H groups in total. The lowest BCUT2D eigenvalue weighted by molar-refractivity contribution is -0.129. The van der Waals surface area contributed by atoms with Gasteiger partial charge in [0.1, 0.15) is 5.75 Å². The van der Waals surface area contributed by atoms with Gasteiger partial charge in [0, 0.05) is 57.0 Å². The summed E-state index contributed by atoms with van der Waals surface area (Å²) in [5, 5.41) is 5.19. The number of nitrogens with zero attached hydrogens (tertiary/aromatic N) is 5. The van der Waals surface area contributed by atoms with Crippen LogP contribution in [0.4, 0.5) is 11.5 Å². The van der Waals surface area contributed by atoms with Crippen molar-refractivity contribution in [1.82, 2.24) is 19.7 Å². The van der Waals surface area contributed by atoms with E-state index >= 15 is 0 Å². The van der Waals surface area contributed by atoms with Gasteiger partial charge in [-0.15, -0.1) is 0 Å². The molecule has 5 rings (SSSR count). The highest BCUT2D eigenvalue weighted by Crippen LogP contribution is 2.40. The van der Waals surface area contributed by atoms with Crippen LogP contribution in [0, 0.1) is 6.92 Å². The number of carbonyl (C=O) groups excluding carboxylic acids is 1. The summed E-state index contributed by atoms with van der Waals surface area (Å²) in [5.74, 6) is 1.89. The van der Waals surface area contributed by atoms with Crippen LogP contribution in [0.5, 0.6) is 5.75 Å². The van der Waals surface area contributed by atoms with E-state index in [1.807, 2.05) is 11.8 Å². The van der Waals surface area contributed by atoms with Crippen molar-refractivity contribution in [2.24, 2.45) is 0 Å². The third-order valence-electron chi connectivity index (χ3n) is 6.83. The molecule has 3 aliphatic heterocycles. The molecule has 0 radical (unpaired) electrons. The van der Waals surface area contributed by atoms with E-state index in [4.69, 9.17) is 19.6 Å². The lowest BCUT2D eigenvalue weighted by Gasteiger charge is -2.32. The van der Waals surface area contributed by atoms with Gasteiger partial charge in [0.2, 0.25) is 5.91 Å². The fourth-order valence-electron chi connectivity index (χ4n) is 5.14. The molecule has 1 fully saturated rings. The smallest absolute Gasteiger partial charge is 0.219 e. The first-order chi connectivity index (χ1) is 15.1. The van der Waals surface area contributed by atoms with Gasteiger partial charge in [-0.2, -0.15) is 5.10 Å². The molecule has 1 amide bonds. The molecular weight excluding hydrogens is 394 g/mol. The van der Waals surface area contributed by atoms with Gasteiger partial charge < -0.3 is 19.3 Å². The van der Waals surface area contributed by atoms with Crippen LogP contribution in [0.1, 0.15) is 54.9 Å². The zero-order valence-corrected chi connectivity index (χ0v) is 18.7. The number of rotatable bonds is 3. The first kappa shape index (κ1) is 20.3. The average Bonchev–Trinajstić information content (AvgIpc) is 3.17. The van der Waals surface area contributed by atoms with E-state index in [1.165, 1.54) is 11.3 Å². The zero-order chi connectivity index (χ0) is 21.5. The maximum absolute atomic E-state index is 12.2. The number of methoxy groups -OCH3 is 1. The minimum Gasteiger partial charge on any atom is -0.495 e. The maximum Gasteiger partial charge on any atom is 0.219 e. The van der Waals surface area contributed by atoms with Crippen molar-refractivity contribution in [3.63, 3.8) is 0 Å². The van der Waals surface area contributed by atoms with Crippen molar-refractivity contribution in [1.29, 1.82) is 0 Å². The molecule has 8 heteroatoms. The molecule has 8 nitrogen and oxygen atoms in total. The zero-order valence-electron chi connectivity index (χ0n) is 18.7. The van der Waals surface area contributed by atoms with Gasteiger partial charge in [0.15, 0.2) is 5.82 Å². The summed E-state index contributed by atoms with van der Waals surface area (Å²) < 4.78 is 13.4. The normalized spacial score (nSPS) is 19.2. The molecule has 0 saturated carbocycles. The Hall–Kier alpha value is -2.61. The van der Waals surface area contributed by atoms with Crippen molar-refractivity contribution in [2.45, 2.75) is 58.5 Å². The molecule has 0 aromatic carbocycles. The van der Waals surface area contributed by atoms with Crippen LogP contribution in [0.25, 0.3) is 0 Å². The van der Waals surface area contributed by atoms with Gasteiger partial charge >= 0.3 is 0 Å². The third-order valence-corrected chi connectivity index (χ3v) is 6.83. The Morgan fingerprint density at radius 2 is 2.03 bits per heavy atom. The summed E-state index contributed by atoms with van der Waals surface area (Å²) in [6, 6.07) is 2.46. The molecule has 3 aliphatic rings. The van der Waals surface area contributed by atoms with Crippen molar-refractivity contribution < 1.29 is 14.3 Å². The monoisotopic (exact) mass is 425 g/mol. The molecule has 0 spiro atoms. The number of ether oxygens (including phenoxy) is 2. The third kappa shape index (κ3) is 3.56. The average molecular weight is 426 g/mol. The summed E-state index contributed by atoms with van der Waals surface area (Å²) in [6.45, 7) is 7.46. The number of pyridine rings is 1. The number of aryl methyl sites for hydroxylation is 2. The number of fused-ring (bicyclic) bond motifs is 2. The first-order valence-corrected chi connectivity index (χ1v) is 11.3. The largest absolute Gasteiger partial charge is 0.495 e. The van der Waals surface area contributed by atoms with Crippen molar-refractivity contribution in [3.05, 3.63) is 28.7 Å². The van der Waals surface area contributed by atoms with Crippen LogP contribution < -0.4 is 9.64 Å². The van der Waals surface area contributed by atoms with Gasteiger partial charge in [-0.05, 0) is 32.6 Å². The minimum atomic E-state index is 0.119. The van der Waals surface area contributed by atoms with Crippen LogP contribution >= 0.6 is 0 Å². The number of amides is 1. The number of hydrogen-bond donors (Lipinski definition) is 0. The Balaban J connectivity index is 1.61. The van der Waals surface area contributed by atoms with E-state index in [2.05, 4.69) is 15.6 Å². The predicted octanol–water partition coefficient (Wildman–Crippen LogP) is 2.94. The summed E-state index contributed by atoms with van der Waals surface area (Å²) in [7, 11) is 1.69. The maximum atomic E-state index is 12.2. The second-order valence-electron chi connectivity index (χ2n) is 8.72. The van der Waals surface area contributed by atoms with Crippen molar-refractivity contribution >= 4 is 17.4 Å². The quantitative estimate of drug-likeness (QED) is 0.753. The Morgan fingerprint density at radius 3 is 2.77 bits per heavy atom. The summed E-state index contributed by atoms with van der Waals surface area (Å²) >= 11 is 0. The van der Waals surface area contributed by atoms with Gasteiger partial charge in [0.25, 0.3) is 0 Å². The Morgan fingerprint density at radius 1 is 1.23 bits per heavy atom. The molecule has 31 heavy (non-hydrogen) atoms. The molecule has 166 valence electrons. The van der Waals surface area contributed by atoms with E-state index in [-0.39, 0.29) is 5.91 Å². The van der Waals surface area contributed by atoms with E-state index in [0.717, 1.165) is 87.1 Å². The number of hydrogen-bond acceptors (Lipinski definition) is 6. The van der Waals surface area contributed by atoms with Crippen LogP contribution in [0.2, 0.25) is 0 Å². The lowest BCUT2D eigenvalue weighted by atomic mass is 10.0. The molecular formula is C23H31N5O3. The summed E-state index contributed by atoms with van der Waals surface area (Å²) in [5.41, 5.74) is 5.55. The minimum absolute atomic E-state index is 0.119. The van der Waals surface area contributed by atoms with Crippen LogP contribution in [0.3, 0.4) is 0 Å². The molecule has 0 aliphatic carbocycles. The van der Waals surface area contributed by atoms with E-state index in [0.29, 0.717) is 12.6 Å². The van der Waals surface area contributed by atoms with Crippen LogP contribution in [-0.4, -0.2) is 59.0 Å². The Bertz CT molecular complexity index is 996. The molecule has 2 aromatic heterocycles. The lowest BCUT2D eigenvalue weighted by Crippen LogP contribution is -2.36. The number of aromatic nitrogens is 3. The van der Waals surface area contributed by atoms with Crippen molar-refractivity contribution in [2.75, 3.05) is 38.3 Å². The molecule has 2 aromatic rings. The predicted molar refractivity (Wildman–Crippen MR) is 117 cm³/mol. The van der Waals surface area contributed by atoms with Gasteiger partial charge in [-0.25, -0.2) is 0 Å². The second-order valence-corrected chi connectivity index (χ2v) is 8.72. The topological polar surface area (TPSA) is 72.7 Å².